The van der Waals surface area contributed by atoms with Crippen molar-refractivity contribution in [3.8, 4) is 0 Å². The zero-order valence-electron chi connectivity index (χ0n) is 20.4. The molecule has 0 bridgehead atoms. The normalized spacial score (nSPS) is 14.4. The highest BCUT2D eigenvalue weighted by atomic mass is 32.2. The molecule has 0 heterocycles. The Morgan fingerprint density at radius 1 is 0.914 bits per heavy atom. The van der Waals surface area contributed by atoms with Crippen LogP contribution in [0.2, 0.25) is 0 Å². The van der Waals surface area contributed by atoms with Crippen molar-refractivity contribution in [2.75, 3.05) is 5.75 Å². The molecule has 4 rings (SSSR count). The van der Waals surface area contributed by atoms with Crippen LogP contribution < -0.4 is 5.32 Å². The van der Waals surface area contributed by atoms with E-state index in [0.29, 0.717) is 13.0 Å². The highest BCUT2D eigenvalue weighted by Crippen LogP contribution is 2.22. The summed E-state index contributed by atoms with van der Waals surface area (Å²) in [6.45, 7) is 2.46. The van der Waals surface area contributed by atoms with Gasteiger partial charge in [0.15, 0.2) is 0 Å². The summed E-state index contributed by atoms with van der Waals surface area (Å²) in [5.74, 6) is 0.215. The molecular weight excluding hydrogens is 452 g/mol. The van der Waals surface area contributed by atoms with Crippen LogP contribution in [0.4, 0.5) is 0 Å². The van der Waals surface area contributed by atoms with E-state index in [4.69, 9.17) is 0 Å². The maximum Gasteiger partial charge on any atom is 0.243 e. The van der Waals surface area contributed by atoms with E-state index in [1.165, 1.54) is 11.8 Å². The lowest BCUT2D eigenvalue weighted by atomic mass is 10.0. The average Bonchev–Trinajstić information content (AvgIpc) is 3.39. The molecule has 1 aliphatic rings. The SMILES string of the molecule is Cc1cccc(CN(C(=O)CSc2ccccc2)[C@@H](Cc2ccccc2)C(=O)NC2CCCC2)c1. The van der Waals surface area contributed by atoms with Gasteiger partial charge in [0.2, 0.25) is 11.8 Å². The molecule has 0 aliphatic heterocycles. The predicted octanol–water partition coefficient (Wildman–Crippen LogP) is 5.79. The van der Waals surface area contributed by atoms with Gasteiger partial charge >= 0.3 is 0 Å². The molecular formula is C30H34N2O2S. The predicted molar refractivity (Wildman–Crippen MR) is 143 cm³/mol. The summed E-state index contributed by atoms with van der Waals surface area (Å²) < 4.78 is 0. The minimum Gasteiger partial charge on any atom is -0.352 e. The third kappa shape index (κ3) is 7.46. The summed E-state index contributed by atoms with van der Waals surface area (Å²) in [6.07, 6.45) is 4.81. The summed E-state index contributed by atoms with van der Waals surface area (Å²) in [7, 11) is 0. The topological polar surface area (TPSA) is 49.4 Å². The van der Waals surface area contributed by atoms with Crippen LogP contribution in [0.25, 0.3) is 0 Å². The Balaban J connectivity index is 1.61. The van der Waals surface area contributed by atoms with Gasteiger partial charge < -0.3 is 10.2 Å². The molecule has 4 nitrogen and oxygen atoms in total. The van der Waals surface area contributed by atoms with Gasteiger partial charge in [-0.2, -0.15) is 0 Å². The van der Waals surface area contributed by atoms with E-state index in [1.54, 1.807) is 4.90 Å². The minimum absolute atomic E-state index is 0.0251. The van der Waals surface area contributed by atoms with Gasteiger partial charge in [-0.05, 0) is 43.0 Å². The Morgan fingerprint density at radius 3 is 2.26 bits per heavy atom. The van der Waals surface area contributed by atoms with Crippen molar-refractivity contribution in [1.29, 1.82) is 0 Å². The number of rotatable bonds is 10. The van der Waals surface area contributed by atoms with Crippen LogP contribution in [0.1, 0.15) is 42.4 Å². The first kappa shape index (κ1) is 25.1. The Labute approximate surface area is 213 Å². The number of carbonyl (C=O) groups is 2. The molecule has 1 aliphatic carbocycles. The van der Waals surface area contributed by atoms with Gasteiger partial charge in [-0.15, -0.1) is 11.8 Å². The summed E-state index contributed by atoms with van der Waals surface area (Å²) in [5.41, 5.74) is 3.23. The molecule has 0 aromatic heterocycles. The van der Waals surface area contributed by atoms with E-state index in [-0.39, 0.29) is 23.6 Å². The van der Waals surface area contributed by atoms with Crippen LogP contribution in [-0.2, 0) is 22.6 Å². The number of aryl methyl sites for hydroxylation is 1. The number of amides is 2. The van der Waals surface area contributed by atoms with Crippen molar-refractivity contribution in [3.05, 3.63) is 102 Å². The molecule has 0 unspecified atom stereocenters. The zero-order valence-corrected chi connectivity index (χ0v) is 21.2. The molecule has 0 saturated heterocycles. The van der Waals surface area contributed by atoms with Gasteiger partial charge in [0, 0.05) is 23.9 Å². The van der Waals surface area contributed by atoms with Gasteiger partial charge in [-0.3, -0.25) is 9.59 Å². The molecule has 5 heteroatoms. The van der Waals surface area contributed by atoms with E-state index in [1.807, 2.05) is 72.8 Å². The standard InChI is InChI=1S/C30H34N2O2S/c1-23-11-10-14-25(19-23)21-32(29(33)22-35-27-17-6-3-7-18-27)28(20-24-12-4-2-5-13-24)30(34)31-26-15-8-9-16-26/h2-7,10-14,17-19,26,28H,8-9,15-16,20-22H2,1H3,(H,31,34)/t28-/m0/s1. The van der Waals surface area contributed by atoms with E-state index < -0.39 is 6.04 Å². The van der Waals surface area contributed by atoms with Crippen LogP contribution in [0.15, 0.2) is 89.8 Å². The van der Waals surface area contributed by atoms with E-state index in [2.05, 4.69) is 24.4 Å². The largest absolute Gasteiger partial charge is 0.352 e. The molecule has 1 atom stereocenters. The molecule has 1 saturated carbocycles. The van der Waals surface area contributed by atoms with E-state index in [9.17, 15) is 9.59 Å². The zero-order chi connectivity index (χ0) is 24.5. The fraction of sp³-hybridized carbons (Fsp3) is 0.333. The summed E-state index contributed by atoms with van der Waals surface area (Å²) in [4.78, 5) is 30.2. The van der Waals surface area contributed by atoms with Gasteiger partial charge in [0.05, 0.1) is 5.75 Å². The number of benzene rings is 3. The molecule has 2 amide bonds. The molecule has 182 valence electrons. The number of nitrogens with one attached hydrogen (secondary N) is 1. The lowest BCUT2D eigenvalue weighted by Gasteiger charge is -2.32. The minimum atomic E-state index is -0.567. The molecule has 3 aromatic carbocycles. The first-order valence-electron chi connectivity index (χ1n) is 12.5. The second-order valence-corrected chi connectivity index (χ2v) is 10.4. The van der Waals surface area contributed by atoms with E-state index in [0.717, 1.165) is 47.3 Å². The lowest BCUT2D eigenvalue weighted by molar-refractivity contribution is -0.139. The van der Waals surface area contributed by atoms with Crippen molar-refractivity contribution >= 4 is 23.6 Å². The van der Waals surface area contributed by atoms with Crippen molar-refractivity contribution in [2.24, 2.45) is 0 Å². The Morgan fingerprint density at radius 2 is 1.57 bits per heavy atom. The van der Waals surface area contributed by atoms with Crippen LogP contribution >= 0.6 is 11.8 Å². The maximum atomic E-state index is 13.7. The second kappa shape index (κ2) is 12.6. The third-order valence-corrected chi connectivity index (χ3v) is 7.51. The molecule has 3 aromatic rings. The fourth-order valence-electron chi connectivity index (χ4n) is 4.67. The number of hydrogen-bond donors (Lipinski definition) is 1. The molecule has 0 radical (unpaired) electrons. The lowest BCUT2D eigenvalue weighted by Crippen LogP contribution is -2.52. The van der Waals surface area contributed by atoms with Crippen LogP contribution in [-0.4, -0.2) is 34.6 Å². The number of hydrogen-bond acceptors (Lipinski definition) is 3. The molecule has 1 N–H and O–H groups in total. The smallest absolute Gasteiger partial charge is 0.243 e. The third-order valence-electron chi connectivity index (χ3n) is 6.51. The second-order valence-electron chi connectivity index (χ2n) is 9.31. The van der Waals surface area contributed by atoms with Gasteiger partial charge in [0.25, 0.3) is 0 Å². The number of carbonyl (C=O) groups excluding carboxylic acids is 2. The highest BCUT2D eigenvalue weighted by Gasteiger charge is 2.32. The van der Waals surface area contributed by atoms with Crippen molar-refractivity contribution < 1.29 is 9.59 Å². The quantitative estimate of drug-likeness (QED) is 0.369. The van der Waals surface area contributed by atoms with Gasteiger partial charge in [0.1, 0.15) is 6.04 Å². The average molecular weight is 487 g/mol. The van der Waals surface area contributed by atoms with Crippen molar-refractivity contribution in [2.45, 2.75) is 62.6 Å². The summed E-state index contributed by atoms with van der Waals surface area (Å²) in [6, 6.07) is 27.8. The molecule has 1 fully saturated rings. The Hall–Kier alpha value is -3.05. The van der Waals surface area contributed by atoms with Crippen LogP contribution in [0, 0.1) is 6.92 Å². The monoisotopic (exact) mass is 486 g/mol. The first-order valence-corrected chi connectivity index (χ1v) is 13.4. The fourth-order valence-corrected chi connectivity index (χ4v) is 5.48. The van der Waals surface area contributed by atoms with Gasteiger partial charge in [-0.1, -0.05) is 91.2 Å². The maximum absolute atomic E-state index is 13.7. The number of nitrogens with zero attached hydrogens (tertiary/aromatic N) is 1. The van der Waals surface area contributed by atoms with E-state index >= 15 is 0 Å². The molecule has 35 heavy (non-hydrogen) atoms. The molecule has 0 spiro atoms. The Kier molecular flexibility index (Phi) is 9.02. The van der Waals surface area contributed by atoms with Gasteiger partial charge in [-0.25, -0.2) is 0 Å². The highest BCUT2D eigenvalue weighted by molar-refractivity contribution is 8.00. The van der Waals surface area contributed by atoms with Crippen molar-refractivity contribution in [3.63, 3.8) is 0 Å². The summed E-state index contributed by atoms with van der Waals surface area (Å²) in [5, 5.41) is 3.27. The first-order chi connectivity index (χ1) is 17.1. The Bertz CT molecular complexity index is 1100. The van der Waals surface area contributed by atoms with Crippen molar-refractivity contribution in [1.82, 2.24) is 10.2 Å². The summed E-state index contributed by atoms with van der Waals surface area (Å²) >= 11 is 1.52. The van der Waals surface area contributed by atoms with Crippen LogP contribution in [0.5, 0.6) is 0 Å². The number of thioether (sulfide) groups is 1. The van der Waals surface area contributed by atoms with Crippen LogP contribution in [0.3, 0.4) is 0 Å².